The van der Waals surface area contributed by atoms with Gasteiger partial charge in [0.2, 0.25) is 5.91 Å². The lowest BCUT2D eigenvalue weighted by atomic mass is 10.00. The first-order chi connectivity index (χ1) is 8.95. The minimum absolute atomic E-state index is 0.0292. The van der Waals surface area contributed by atoms with Gasteiger partial charge in [-0.1, -0.05) is 20.8 Å². The number of ether oxygens (including phenoxy) is 1. The standard InChI is InChI=1S/C13H24N2O4/c1-4-14-11-7-19-6-9(11)12(16)15-10(13(17)18)5-8(2)3/h8-11,14H,4-7H2,1-3H3,(H,15,16)(H,17,18)/t9?,10-,11?/m0/s1. The molecule has 19 heavy (non-hydrogen) atoms. The summed E-state index contributed by atoms with van der Waals surface area (Å²) in [5.41, 5.74) is 0. The lowest BCUT2D eigenvalue weighted by Gasteiger charge is -2.21. The van der Waals surface area contributed by atoms with E-state index < -0.39 is 12.0 Å². The van der Waals surface area contributed by atoms with Crippen LogP contribution in [0.5, 0.6) is 0 Å². The van der Waals surface area contributed by atoms with Gasteiger partial charge < -0.3 is 20.5 Å². The van der Waals surface area contributed by atoms with Crippen LogP contribution >= 0.6 is 0 Å². The van der Waals surface area contributed by atoms with Crippen molar-refractivity contribution in [2.75, 3.05) is 19.8 Å². The number of carboxylic acid groups (broad SMARTS) is 1. The molecule has 1 aliphatic rings. The normalized spacial score (nSPS) is 24.4. The van der Waals surface area contributed by atoms with Gasteiger partial charge in [0.15, 0.2) is 0 Å². The molecule has 0 bridgehead atoms. The fourth-order valence-corrected chi connectivity index (χ4v) is 2.25. The number of nitrogens with one attached hydrogen (secondary N) is 2. The van der Waals surface area contributed by atoms with Crippen molar-refractivity contribution < 1.29 is 19.4 Å². The highest BCUT2D eigenvalue weighted by Gasteiger charge is 2.35. The zero-order valence-corrected chi connectivity index (χ0v) is 11.8. The average Bonchev–Trinajstić information content (AvgIpc) is 2.76. The average molecular weight is 272 g/mol. The number of carboxylic acids is 1. The third-order valence-electron chi connectivity index (χ3n) is 3.21. The first-order valence-corrected chi connectivity index (χ1v) is 6.80. The molecule has 2 unspecified atom stereocenters. The summed E-state index contributed by atoms with van der Waals surface area (Å²) >= 11 is 0. The van der Waals surface area contributed by atoms with Crippen molar-refractivity contribution in [2.45, 2.75) is 39.3 Å². The topological polar surface area (TPSA) is 87.7 Å². The molecule has 0 radical (unpaired) electrons. The Labute approximate surface area is 113 Å². The van der Waals surface area contributed by atoms with Crippen LogP contribution in [0.3, 0.4) is 0 Å². The van der Waals surface area contributed by atoms with Crippen LogP contribution in [0, 0.1) is 11.8 Å². The Morgan fingerprint density at radius 3 is 2.58 bits per heavy atom. The van der Waals surface area contributed by atoms with E-state index in [0.717, 1.165) is 6.54 Å². The van der Waals surface area contributed by atoms with Crippen molar-refractivity contribution >= 4 is 11.9 Å². The van der Waals surface area contributed by atoms with Crippen molar-refractivity contribution in [3.05, 3.63) is 0 Å². The molecule has 6 heteroatoms. The lowest BCUT2D eigenvalue weighted by molar-refractivity contribution is -0.143. The Hall–Kier alpha value is -1.14. The van der Waals surface area contributed by atoms with Gasteiger partial charge in [0, 0.05) is 6.04 Å². The molecule has 0 aromatic carbocycles. The summed E-state index contributed by atoms with van der Waals surface area (Å²) < 4.78 is 5.30. The maximum atomic E-state index is 12.1. The third-order valence-corrected chi connectivity index (χ3v) is 3.21. The molecular formula is C13H24N2O4. The van der Waals surface area contributed by atoms with Crippen LogP contribution in [0.1, 0.15) is 27.2 Å². The van der Waals surface area contributed by atoms with E-state index in [1.807, 2.05) is 20.8 Å². The largest absolute Gasteiger partial charge is 0.480 e. The molecule has 110 valence electrons. The molecule has 0 saturated carbocycles. The lowest BCUT2D eigenvalue weighted by Crippen LogP contribution is -2.49. The van der Waals surface area contributed by atoms with Gasteiger partial charge in [0.1, 0.15) is 6.04 Å². The zero-order valence-electron chi connectivity index (χ0n) is 11.8. The molecule has 1 amide bonds. The Balaban J connectivity index is 2.58. The second-order valence-corrected chi connectivity index (χ2v) is 5.34. The monoisotopic (exact) mass is 272 g/mol. The Morgan fingerprint density at radius 2 is 2.05 bits per heavy atom. The van der Waals surface area contributed by atoms with Crippen LogP contribution in [0.4, 0.5) is 0 Å². The number of likely N-dealkylation sites (N-methyl/N-ethyl adjacent to an activating group) is 1. The second-order valence-electron chi connectivity index (χ2n) is 5.34. The summed E-state index contributed by atoms with van der Waals surface area (Å²) in [6, 6.07) is -0.853. The molecule has 0 aliphatic carbocycles. The highest BCUT2D eigenvalue weighted by molar-refractivity contribution is 5.85. The van der Waals surface area contributed by atoms with Crippen molar-refractivity contribution in [1.82, 2.24) is 10.6 Å². The van der Waals surface area contributed by atoms with E-state index in [2.05, 4.69) is 10.6 Å². The molecular weight excluding hydrogens is 248 g/mol. The van der Waals surface area contributed by atoms with Gasteiger partial charge in [-0.3, -0.25) is 4.79 Å². The van der Waals surface area contributed by atoms with Gasteiger partial charge in [0.25, 0.3) is 0 Å². The van der Waals surface area contributed by atoms with Gasteiger partial charge in [-0.15, -0.1) is 0 Å². The molecule has 0 aromatic rings. The number of rotatable bonds is 7. The molecule has 3 N–H and O–H groups in total. The van der Waals surface area contributed by atoms with Crippen molar-refractivity contribution in [3.8, 4) is 0 Å². The van der Waals surface area contributed by atoms with E-state index in [4.69, 9.17) is 9.84 Å². The van der Waals surface area contributed by atoms with E-state index in [0.29, 0.717) is 19.6 Å². The molecule has 6 nitrogen and oxygen atoms in total. The Kier molecular flexibility index (Phi) is 6.24. The van der Waals surface area contributed by atoms with E-state index >= 15 is 0 Å². The maximum absolute atomic E-state index is 12.1. The quantitative estimate of drug-likeness (QED) is 0.617. The van der Waals surface area contributed by atoms with Crippen LogP contribution in [0.15, 0.2) is 0 Å². The Bertz CT molecular complexity index is 320. The first-order valence-electron chi connectivity index (χ1n) is 6.80. The van der Waals surface area contributed by atoms with Gasteiger partial charge in [-0.05, 0) is 18.9 Å². The molecule has 1 fully saturated rings. The van der Waals surface area contributed by atoms with Crippen molar-refractivity contribution in [1.29, 1.82) is 0 Å². The molecule has 1 rings (SSSR count). The number of carbonyl (C=O) groups is 2. The number of aliphatic carboxylic acids is 1. The predicted octanol–water partition coefficient (Wildman–Crippen LogP) is 0.226. The van der Waals surface area contributed by atoms with Crippen LogP contribution in [-0.2, 0) is 14.3 Å². The first kappa shape index (κ1) is 15.9. The van der Waals surface area contributed by atoms with E-state index in [9.17, 15) is 9.59 Å². The fraction of sp³-hybridized carbons (Fsp3) is 0.846. The zero-order chi connectivity index (χ0) is 14.4. The van der Waals surface area contributed by atoms with Crippen LogP contribution < -0.4 is 10.6 Å². The summed E-state index contributed by atoms with van der Waals surface area (Å²) in [5, 5.41) is 14.9. The number of hydrogen-bond donors (Lipinski definition) is 3. The summed E-state index contributed by atoms with van der Waals surface area (Å²) in [6.45, 7) is 7.42. The van der Waals surface area contributed by atoms with Gasteiger partial charge >= 0.3 is 5.97 Å². The summed E-state index contributed by atoms with van der Waals surface area (Å²) in [4.78, 5) is 23.3. The Morgan fingerprint density at radius 1 is 1.37 bits per heavy atom. The highest BCUT2D eigenvalue weighted by atomic mass is 16.5. The van der Waals surface area contributed by atoms with Crippen molar-refractivity contribution in [3.63, 3.8) is 0 Å². The second kappa shape index (κ2) is 7.45. The summed E-state index contributed by atoms with van der Waals surface area (Å²) in [7, 11) is 0. The molecule has 1 aliphatic heterocycles. The summed E-state index contributed by atoms with van der Waals surface area (Å²) in [5.74, 6) is -1.32. The van der Waals surface area contributed by atoms with Crippen LogP contribution in [0.2, 0.25) is 0 Å². The van der Waals surface area contributed by atoms with Gasteiger partial charge in [-0.2, -0.15) is 0 Å². The minimum Gasteiger partial charge on any atom is -0.480 e. The predicted molar refractivity (Wildman–Crippen MR) is 70.8 cm³/mol. The smallest absolute Gasteiger partial charge is 0.326 e. The molecule has 3 atom stereocenters. The SMILES string of the molecule is CCNC1COCC1C(=O)N[C@@H](CC(C)C)C(=O)O. The van der Waals surface area contributed by atoms with Crippen molar-refractivity contribution in [2.24, 2.45) is 11.8 Å². The van der Waals surface area contributed by atoms with Gasteiger partial charge in [-0.25, -0.2) is 4.79 Å². The van der Waals surface area contributed by atoms with E-state index in [1.54, 1.807) is 0 Å². The van der Waals surface area contributed by atoms with E-state index in [1.165, 1.54) is 0 Å². The summed E-state index contributed by atoms with van der Waals surface area (Å²) in [6.07, 6.45) is 0.431. The molecule has 0 aromatic heterocycles. The third kappa shape index (κ3) is 4.80. The number of hydrogen-bond acceptors (Lipinski definition) is 4. The minimum atomic E-state index is -0.985. The molecule has 1 saturated heterocycles. The fourth-order valence-electron chi connectivity index (χ4n) is 2.25. The van der Waals surface area contributed by atoms with Crippen LogP contribution in [-0.4, -0.2) is 48.8 Å². The maximum Gasteiger partial charge on any atom is 0.326 e. The molecule has 1 heterocycles. The van der Waals surface area contributed by atoms with Crippen LogP contribution in [0.25, 0.3) is 0 Å². The van der Waals surface area contributed by atoms with Gasteiger partial charge in [0.05, 0.1) is 19.1 Å². The highest BCUT2D eigenvalue weighted by Crippen LogP contribution is 2.15. The number of carbonyl (C=O) groups excluding carboxylic acids is 1. The van der Waals surface area contributed by atoms with E-state index in [-0.39, 0.29) is 23.8 Å². The molecule has 0 spiro atoms. The number of amides is 1.